The number of aromatic nitrogens is 2. The van der Waals surface area contributed by atoms with Gasteiger partial charge in [-0.15, -0.1) is 6.58 Å². The van der Waals surface area contributed by atoms with Crippen LogP contribution in [0.3, 0.4) is 0 Å². The molecule has 1 heterocycles. The number of hydrogen-bond donors (Lipinski definition) is 1. The molecule has 0 saturated carbocycles. The lowest BCUT2D eigenvalue weighted by Crippen LogP contribution is -2.44. The van der Waals surface area contributed by atoms with Gasteiger partial charge in [-0.3, -0.25) is 4.79 Å². The zero-order chi connectivity index (χ0) is 38.1. The first-order valence-corrected chi connectivity index (χ1v) is 18.5. The number of carbonyl (C=O) groups excluding carboxylic acids is 2. The Balaban J connectivity index is 1.73. The molecule has 0 aliphatic rings. The van der Waals surface area contributed by atoms with E-state index in [4.69, 9.17) is 24.2 Å². The van der Waals surface area contributed by atoms with Crippen LogP contribution in [-0.2, 0) is 14.9 Å². The number of nitrogens with one attached hydrogen (secondary N) is 1. The Morgan fingerprint density at radius 3 is 2.25 bits per heavy atom. The standard InChI is InChI=1S/C44H59N3O5/c1-10-12-14-15-18-30-51-36-28-24-32(25-29-36)37-31-45-39(47-41(37)50-9)33(19-13-11-2)20-16-17-21-38(42(49)52-44(6,7)8)46-40(48)34-22-26-35(27-23-34)43(3,4)5/h11,16,19-20,22-29,31,38H,2,10,12-15,17-18,21,30H2,1,3-9H3,(H,46,48)/b20-16-,33-19+/t38-/m0/s1. The maximum absolute atomic E-state index is 13.2. The number of nitrogens with zero attached hydrogens (tertiary/aromatic N) is 2. The van der Waals surface area contributed by atoms with Gasteiger partial charge in [0.25, 0.3) is 5.91 Å². The fourth-order valence-electron chi connectivity index (χ4n) is 5.39. The van der Waals surface area contributed by atoms with Gasteiger partial charge in [0, 0.05) is 17.3 Å². The highest BCUT2D eigenvalue weighted by atomic mass is 16.6. The molecular formula is C44H59N3O5. The van der Waals surface area contributed by atoms with Crippen LogP contribution in [0.5, 0.6) is 11.6 Å². The van der Waals surface area contributed by atoms with Crippen molar-refractivity contribution in [3.8, 4) is 22.8 Å². The van der Waals surface area contributed by atoms with Crippen LogP contribution in [0.25, 0.3) is 16.7 Å². The van der Waals surface area contributed by atoms with E-state index >= 15 is 0 Å². The van der Waals surface area contributed by atoms with E-state index in [1.54, 1.807) is 31.5 Å². The van der Waals surface area contributed by atoms with Gasteiger partial charge in [0.05, 0.1) is 19.3 Å². The summed E-state index contributed by atoms with van der Waals surface area (Å²) in [4.78, 5) is 35.9. The van der Waals surface area contributed by atoms with Crippen LogP contribution in [0.4, 0.5) is 0 Å². The molecule has 2 aromatic carbocycles. The SMILES string of the molecule is C=CC/C=C(\C=C/CC[C@H](NC(=O)c1ccc(C(C)(C)C)cc1)C(=O)OC(C)(C)C)c1ncc(-c2ccc(OCCCCCCC)cc2)c(OC)n1. The van der Waals surface area contributed by atoms with Crippen molar-refractivity contribution < 1.29 is 23.8 Å². The van der Waals surface area contributed by atoms with Crippen LogP contribution in [0, 0.1) is 0 Å². The summed E-state index contributed by atoms with van der Waals surface area (Å²) in [5.41, 5.74) is 3.35. The molecule has 0 aliphatic heterocycles. The third-order valence-electron chi connectivity index (χ3n) is 8.32. The molecule has 0 fully saturated rings. The first-order valence-electron chi connectivity index (χ1n) is 18.5. The third kappa shape index (κ3) is 13.8. The van der Waals surface area contributed by atoms with Gasteiger partial charge >= 0.3 is 5.97 Å². The number of rotatable bonds is 19. The lowest BCUT2D eigenvalue weighted by atomic mass is 9.86. The highest BCUT2D eigenvalue weighted by Gasteiger charge is 2.27. The van der Waals surface area contributed by atoms with Gasteiger partial charge in [-0.25, -0.2) is 9.78 Å². The first-order chi connectivity index (χ1) is 24.7. The molecule has 1 amide bonds. The summed E-state index contributed by atoms with van der Waals surface area (Å²) >= 11 is 0. The van der Waals surface area contributed by atoms with Crippen LogP contribution >= 0.6 is 0 Å². The van der Waals surface area contributed by atoms with Crippen LogP contribution in [0.1, 0.15) is 122 Å². The molecule has 0 spiro atoms. The quantitative estimate of drug-likeness (QED) is 0.0572. The molecule has 1 atom stereocenters. The number of esters is 1. The summed E-state index contributed by atoms with van der Waals surface area (Å²) in [5.74, 6) is 0.980. The van der Waals surface area contributed by atoms with Gasteiger partial charge in [0.15, 0.2) is 5.82 Å². The summed E-state index contributed by atoms with van der Waals surface area (Å²) in [6.07, 6.45) is 16.8. The van der Waals surface area contributed by atoms with Crippen molar-refractivity contribution >= 4 is 17.4 Å². The number of allylic oxidation sites excluding steroid dienone is 5. The third-order valence-corrected chi connectivity index (χ3v) is 8.32. The minimum Gasteiger partial charge on any atom is -0.494 e. The van der Waals surface area contributed by atoms with Gasteiger partial charge in [-0.1, -0.05) is 102 Å². The van der Waals surface area contributed by atoms with Crippen LogP contribution < -0.4 is 14.8 Å². The van der Waals surface area contributed by atoms with Crippen molar-refractivity contribution in [1.82, 2.24) is 15.3 Å². The van der Waals surface area contributed by atoms with Gasteiger partial charge < -0.3 is 19.5 Å². The molecule has 3 aromatic rings. The molecule has 8 heteroatoms. The van der Waals surface area contributed by atoms with Gasteiger partial charge in [0.2, 0.25) is 5.88 Å². The average Bonchev–Trinajstić information content (AvgIpc) is 3.11. The Hall–Kier alpha value is -4.72. The van der Waals surface area contributed by atoms with Crippen molar-refractivity contribution in [2.24, 2.45) is 0 Å². The van der Waals surface area contributed by atoms with Gasteiger partial charge in [0.1, 0.15) is 17.4 Å². The highest BCUT2D eigenvalue weighted by molar-refractivity contribution is 5.96. The van der Waals surface area contributed by atoms with E-state index in [1.807, 2.05) is 75.4 Å². The highest BCUT2D eigenvalue weighted by Crippen LogP contribution is 2.30. The molecule has 0 unspecified atom stereocenters. The fourth-order valence-corrected chi connectivity index (χ4v) is 5.39. The molecule has 52 heavy (non-hydrogen) atoms. The number of ether oxygens (including phenoxy) is 3. The summed E-state index contributed by atoms with van der Waals surface area (Å²) in [6.45, 7) is 18.6. The summed E-state index contributed by atoms with van der Waals surface area (Å²) < 4.78 is 17.3. The van der Waals surface area contributed by atoms with E-state index < -0.39 is 17.6 Å². The maximum Gasteiger partial charge on any atom is 0.329 e. The molecule has 8 nitrogen and oxygen atoms in total. The van der Waals surface area contributed by atoms with Crippen molar-refractivity contribution in [2.45, 2.75) is 117 Å². The number of hydrogen-bond acceptors (Lipinski definition) is 7. The predicted octanol–water partition coefficient (Wildman–Crippen LogP) is 10.2. The lowest BCUT2D eigenvalue weighted by Gasteiger charge is -2.24. The zero-order valence-corrected chi connectivity index (χ0v) is 32.6. The van der Waals surface area contributed by atoms with Crippen LogP contribution in [-0.4, -0.2) is 47.2 Å². The van der Waals surface area contributed by atoms with Crippen molar-refractivity contribution in [1.29, 1.82) is 0 Å². The van der Waals surface area contributed by atoms with Gasteiger partial charge in [-0.2, -0.15) is 4.98 Å². The average molecular weight is 710 g/mol. The first kappa shape index (κ1) is 41.7. The van der Waals surface area contributed by atoms with Crippen molar-refractivity contribution in [3.63, 3.8) is 0 Å². The van der Waals surface area contributed by atoms with Gasteiger partial charge in [-0.05, 0) is 87.3 Å². The molecule has 1 N–H and O–H groups in total. The fraction of sp³-hybridized carbons (Fsp3) is 0.455. The summed E-state index contributed by atoms with van der Waals surface area (Å²) in [6, 6.07) is 14.5. The van der Waals surface area contributed by atoms with E-state index in [1.165, 1.54) is 25.7 Å². The number of amides is 1. The van der Waals surface area contributed by atoms with Crippen molar-refractivity contribution in [3.05, 3.63) is 103 Å². The smallest absolute Gasteiger partial charge is 0.329 e. The Labute approximate surface area is 311 Å². The van der Waals surface area contributed by atoms with Crippen molar-refractivity contribution in [2.75, 3.05) is 13.7 Å². The molecule has 280 valence electrons. The summed E-state index contributed by atoms with van der Waals surface area (Å²) in [5, 5.41) is 2.90. The van der Waals surface area contributed by atoms with E-state index in [9.17, 15) is 9.59 Å². The normalized spacial score (nSPS) is 12.7. The second kappa shape index (κ2) is 20.4. The lowest BCUT2D eigenvalue weighted by molar-refractivity contribution is -0.157. The number of methoxy groups -OCH3 is 1. The molecular weight excluding hydrogens is 650 g/mol. The van der Waals surface area contributed by atoms with E-state index in [-0.39, 0.29) is 11.3 Å². The zero-order valence-electron chi connectivity index (χ0n) is 32.6. The number of benzene rings is 2. The largest absolute Gasteiger partial charge is 0.494 e. The van der Waals surface area contributed by atoms with Crippen LogP contribution in [0.15, 0.2) is 85.6 Å². The van der Waals surface area contributed by atoms with Crippen LogP contribution in [0.2, 0.25) is 0 Å². The van der Waals surface area contributed by atoms with E-state index in [0.29, 0.717) is 43.1 Å². The minimum absolute atomic E-state index is 0.0354. The maximum atomic E-state index is 13.2. The van der Waals surface area contributed by atoms with E-state index in [0.717, 1.165) is 34.4 Å². The topological polar surface area (TPSA) is 99.6 Å². The molecule has 0 bridgehead atoms. The Morgan fingerprint density at radius 2 is 1.63 bits per heavy atom. The molecule has 0 radical (unpaired) electrons. The second-order valence-corrected chi connectivity index (χ2v) is 15.0. The monoisotopic (exact) mass is 709 g/mol. The predicted molar refractivity (Wildman–Crippen MR) is 212 cm³/mol. The Bertz CT molecular complexity index is 1650. The Kier molecular flexibility index (Phi) is 16.3. The molecule has 1 aromatic heterocycles. The molecule has 3 rings (SSSR count). The van der Waals surface area contributed by atoms with E-state index in [2.05, 4.69) is 39.6 Å². The Morgan fingerprint density at radius 1 is 0.942 bits per heavy atom. The second-order valence-electron chi connectivity index (χ2n) is 15.0. The number of carbonyl (C=O) groups is 2. The molecule has 0 aliphatic carbocycles. The number of unbranched alkanes of at least 4 members (excludes halogenated alkanes) is 4. The minimum atomic E-state index is -0.836. The molecule has 0 saturated heterocycles. The summed E-state index contributed by atoms with van der Waals surface area (Å²) in [7, 11) is 1.60.